The Morgan fingerprint density at radius 3 is 2.83 bits per heavy atom. The molecule has 1 heterocycles. The van der Waals surface area contributed by atoms with Crippen LogP contribution in [-0.2, 0) is 0 Å². The van der Waals surface area contributed by atoms with E-state index in [4.69, 9.17) is 0 Å². The summed E-state index contributed by atoms with van der Waals surface area (Å²) in [4.78, 5) is 10.2. The Kier molecular flexibility index (Phi) is 3.76. The van der Waals surface area contributed by atoms with Crippen molar-refractivity contribution >= 4 is 33.4 Å². The fourth-order valence-electron chi connectivity index (χ4n) is 1.52. The Morgan fingerprint density at radius 2 is 2.17 bits per heavy atom. The van der Waals surface area contributed by atoms with Crippen molar-refractivity contribution in [2.24, 2.45) is 0 Å². The van der Waals surface area contributed by atoms with Gasteiger partial charge in [-0.2, -0.15) is 4.98 Å². The molecule has 0 aliphatic rings. The second-order valence-corrected chi connectivity index (χ2v) is 4.51. The average molecular weight is 311 g/mol. The number of aromatic nitrogens is 2. The van der Waals surface area contributed by atoms with Gasteiger partial charge >= 0.3 is 0 Å². The number of benzene rings is 1. The van der Waals surface area contributed by atoms with Crippen LogP contribution in [0.5, 0.6) is 0 Å². The first-order chi connectivity index (χ1) is 8.61. The highest BCUT2D eigenvalue weighted by atomic mass is 79.9. The zero-order valence-corrected chi connectivity index (χ0v) is 11.6. The number of halogens is 2. The van der Waals surface area contributed by atoms with Crippen molar-refractivity contribution in [3.8, 4) is 0 Å². The molecule has 0 radical (unpaired) electrons. The van der Waals surface area contributed by atoms with E-state index in [1.807, 2.05) is 13.1 Å². The van der Waals surface area contributed by atoms with Crippen molar-refractivity contribution in [3.63, 3.8) is 0 Å². The molecular formula is C12H12BrFN4. The van der Waals surface area contributed by atoms with Crippen molar-refractivity contribution < 1.29 is 4.39 Å². The molecule has 0 amide bonds. The van der Waals surface area contributed by atoms with Crippen LogP contribution in [0.3, 0.4) is 0 Å². The third kappa shape index (κ3) is 2.59. The van der Waals surface area contributed by atoms with Crippen LogP contribution in [0.2, 0.25) is 0 Å². The van der Waals surface area contributed by atoms with Crippen molar-refractivity contribution in [1.82, 2.24) is 9.97 Å². The molecule has 0 bridgehead atoms. The zero-order valence-electron chi connectivity index (χ0n) is 9.98. The molecule has 0 aliphatic heterocycles. The van der Waals surface area contributed by atoms with Gasteiger partial charge in [0.1, 0.15) is 5.82 Å². The van der Waals surface area contributed by atoms with E-state index in [0.29, 0.717) is 11.8 Å². The molecule has 0 saturated carbocycles. The van der Waals surface area contributed by atoms with Crippen LogP contribution in [0.25, 0.3) is 0 Å². The monoisotopic (exact) mass is 310 g/mol. The number of nitrogens with one attached hydrogen (secondary N) is 1. The standard InChI is InChI=1S/C12H12BrFN4/c1-15-12-16-7-10(13)11(17-12)18(2)9-5-3-4-8(14)6-9/h3-7H,1-2H3,(H,15,16,17). The highest BCUT2D eigenvalue weighted by Crippen LogP contribution is 2.29. The van der Waals surface area contributed by atoms with Crippen LogP contribution in [0.1, 0.15) is 0 Å². The summed E-state index contributed by atoms with van der Waals surface area (Å²) in [5, 5.41) is 2.87. The van der Waals surface area contributed by atoms with E-state index in [9.17, 15) is 4.39 Å². The quantitative estimate of drug-likeness (QED) is 0.945. The molecule has 18 heavy (non-hydrogen) atoms. The van der Waals surface area contributed by atoms with Gasteiger partial charge in [0.05, 0.1) is 4.47 Å². The lowest BCUT2D eigenvalue weighted by atomic mass is 10.3. The minimum atomic E-state index is -0.279. The molecule has 1 aromatic heterocycles. The summed E-state index contributed by atoms with van der Waals surface area (Å²) in [6.07, 6.45) is 1.66. The Balaban J connectivity index is 2.41. The fourth-order valence-corrected chi connectivity index (χ4v) is 1.98. The molecule has 0 spiro atoms. The van der Waals surface area contributed by atoms with Crippen LogP contribution in [0, 0.1) is 5.82 Å². The zero-order chi connectivity index (χ0) is 13.1. The predicted molar refractivity (Wildman–Crippen MR) is 73.7 cm³/mol. The maximum Gasteiger partial charge on any atom is 0.224 e. The average Bonchev–Trinajstić information content (AvgIpc) is 2.38. The highest BCUT2D eigenvalue weighted by molar-refractivity contribution is 9.10. The van der Waals surface area contributed by atoms with Crippen LogP contribution in [0.4, 0.5) is 21.8 Å². The van der Waals surface area contributed by atoms with Crippen LogP contribution in [-0.4, -0.2) is 24.1 Å². The third-order valence-corrected chi connectivity index (χ3v) is 3.02. The van der Waals surface area contributed by atoms with E-state index in [1.165, 1.54) is 12.1 Å². The lowest BCUT2D eigenvalue weighted by Gasteiger charge is -2.19. The SMILES string of the molecule is CNc1ncc(Br)c(N(C)c2cccc(F)c2)n1. The van der Waals surface area contributed by atoms with Gasteiger partial charge in [0.15, 0.2) is 5.82 Å². The highest BCUT2D eigenvalue weighted by Gasteiger charge is 2.11. The van der Waals surface area contributed by atoms with E-state index in [0.717, 1.165) is 10.2 Å². The minimum absolute atomic E-state index is 0.279. The number of rotatable bonds is 3. The van der Waals surface area contributed by atoms with Gasteiger partial charge in [-0.15, -0.1) is 0 Å². The molecular weight excluding hydrogens is 299 g/mol. The lowest BCUT2D eigenvalue weighted by Crippen LogP contribution is -2.13. The molecule has 0 atom stereocenters. The van der Waals surface area contributed by atoms with Gasteiger partial charge in [0.25, 0.3) is 0 Å². The summed E-state index contributed by atoms with van der Waals surface area (Å²) >= 11 is 3.39. The molecule has 94 valence electrons. The molecule has 6 heteroatoms. The van der Waals surface area contributed by atoms with Crippen LogP contribution < -0.4 is 10.2 Å². The third-order valence-electron chi connectivity index (χ3n) is 2.46. The van der Waals surface area contributed by atoms with E-state index >= 15 is 0 Å². The van der Waals surface area contributed by atoms with Gasteiger partial charge in [0, 0.05) is 26.0 Å². The Hall–Kier alpha value is -1.69. The Bertz CT molecular complexity index is 562. The first-order valence-electron chi connectivity index (χ1n) is 5.31. The summed E-state index contributed by atoms with van der Waals surface area (Å²) in [6.45, 7) is 0. The topological polar surface area (TPSA) is 41.1 Å². The van der Waals surface area contributed by atoms with Gasteiger partial charge in [0.2, 0.25) is 5.95 Å². The maximum absolute atomic E-state index is 13.2. The largest absolute Gasteiger partial charge is 0.357 e. The smallest absolute Gasteiger partial charge is 0.224 e. The van der Waals surface area contributed by atoms with Gasteiger partial charge < -0.3 is 10.2 Å². The summed E-state index contributed by atoms with van der Waals surface area (Å²) in [5.74, 6) is 0.898. The van der Waals surface area contributed by atoms with Crippen LogP contribution in [0.15, 0.2) is 34.9 Å². The summed E-state index contributed by atoms with van der Waals surface area (Å²) in [6, 6.07) is 6.34. The minimum Gasteiger partial charge on any atom is -0.357 e. The number of nitrogens with zero attached hydrogens (tertiary/aromatic N) is 3. The molecule has 4 nitrogen and oxygen atoms in total. The summed E-state index contributed by atoms with van der Waals surface area (Å²) in [5.41, 5.74) is 0.719. The van der Waals surface area contributed by atoms with E-state index < -0.39 is 0 Å². The van der Waals surface area contributed by atoms with Crippen molar-refractivity contribution in [3.05, 3.63) is 40.8 Å². The molecule has 0 unspecified atom stereocenters. The van der Waals surface area contributed by atoms with Gasteiger partial charge in [-0.25, -0.2) is 9.37 Å². The van der Waals surface area contributed by atoms with Gasteiger partial charge in [-0.1, -0.05) is 6.07 Å². The van der Waals surface area contributed by atoms with Gasteiger partial charge in [-0.05, 0) is 34.1 Å². The first-order valence-corrected chi connectivity index (χ1v) is 6.10. The lowest BCUT2D eigenvalue weighted by molar-refractivity contribution is 0.628. The van der Waals surface area contributed by atoms with Gasteiger partial charge in [-0.3, -0.25) is 0 Å². The number of hydrogen-bond acceptors (Lipinski definition) is 4. The predicted octanol–water partition coefficient (Wildman–Crippen LogP) is 3.19. The van der Waals surface area contributed by atoms with E-state index in [1.54, 1.807) is 24.2 Å². The van der Waals surface area contributed by atoms with E-state index in [-0.39, 0.29) is 5.82 Å². The van der Waals surface area contributed by atoms with E-state index in [2.05, 4.69) is 31.2 Å². The Labute approximate surface area is 113 Å². The molecule has 2 aromatic rings. The second kappa shape index (κ2) is 5.30. The molecule has 0 aliphatic carbocycles. The number of anilines is 3. The first kappa shape index (κ1) is 12.8. The molecule has 0 fully saturated rings. The fraction of sp³-hybridized carbons (Fsp3) is 0.167. The van der Waals surface area contributed by atoms with Crippen molar-refractivity contribution in [2.75, 3.05) is 24.3 Å². The van der Waals surface area contributed by atoms with Crippen molar-refractivity contribution in [1.29, 1.82) is 0 Å². The summed E-state index contributed by atoms with van der Waals surface area (Å²) in [7, 11) is 3.57. The van der Waals surface area contributed by atoms with Crippen molar-refractivity contribution in [2.45, 2.75) is 0 Å². The normalized spacial score (nSPS) is 10.2. The summed E-state index contributed by atoms with van der Waals surface area (Å²) < 4.78 is 13.9. The molecule has 1 aromatic carbocycles. The van der Waals surface area contributed by atoms with Crippen LogP contribution >= 0.6 is 15.9 Å². The molecule has 2 rings (SSSR count). The number of hydrogen-bond donors (Lipinski definition) is 1. The maximum atomic E-state index is 13.2. The molecule has 1 N–H and O–H groups in total. The molecule has 0 saturated heterocycles. The Morgan fingerprint density at radius 1 is 1.39 bits per heavy atom. The second-order valence-electron chi connectivity index (χ2n) is 3.65.